The molecule has 3 aromatic carbocycles. The number of rotatable bonds is 4. The van der Waals surface area contributed by atoms with Crippen LogP contribution in [0.4, 0.5) is 11.4 Å². The molecule has 2 atom stereocenters. The highest BCUT2D eigenvalue weighted by molar-refractivity contribution is 6.31. The third-order valence-corrected chi connectivity index (χ3v) is 6.75. The van der Waals surface area contributed by atoms with Crippen LogP contribution >= 0.6 is 11.6 Å². The van der Waals surface area contributed by atoms with Crippen molar-refractivity contribution in [1.82, 2.24) is 0 Å². The predicted octanol–water partition coefficient (Wildman–Crippen LogP) is 6.34. The summed E-state index contributed by atoms with van der Waals surface area (Å²) in [4.78, 5) is 13.7. The minimum absolute atomic E-state index is 0.0284. The van der Waals surface area contributed by atoms with E-state index in [2.05, 4.69) is 10.6 Å². The standard InChI is InChI=1S/C27H25ClN2O3/c1-32-24-12-11-16(15-25(24)33-2)17-13-22-26(23(31)14-17)27(18-7-3-4-8-19(18)28)30-21-10-6-5-9-20(21)29-22/h3-12,15,17,27,29-30H,13-14H2,1-2H3/t17-,27-/m1/s1. The van der Waals surface area contributed by atoms with Crippen molar-refractivity contribution in [2.45, 2.75) is 24.8 Å². The molecule has 0 spiro atoms. The summed E-state index contributed by atoms with van der Waals surface area (Å²) in [5, 5.41) is 7.77. The molecule has 1 heterocycles. The van der Waals surface area contributed by atoms with E-state index in [9.17, 15) is 4.79 Å². The summed E-state index contributed by atoms with van der Waals surface area (Å²) in [6.45, 7) is 0. The molecule has 0 saturated carbocycles. The number of carbonyl (C=O) groups excluding carboxylic acids is 1. The highest BCUT2D eigenvalue weighted by Crippen LogP contribution is 2.46. The predicted molar refractivity (Wildman–Crippen MR) is 131 cm³/mol. The lowest BCUT2D eigenvalue weighted by Crippen LogP contribution is -2.27. The van der Waals surface area contributed by atoms with Crippen LogP contribution in [0.2, 0.25) is 5.02 Å². The molecule has 0 amide bonds. The second kappa shape index (κ2) is 8.83. The van der Waals surface area contributed by atoms with Gasteiger partial charge in [0, 0.05) is 22.7 Å². The van der Waals surface area contributed by atoms with Crippen LogP contribution in [0.1, 0.15) is 35.9 Å². The Balaban J connectivity index is 1.59. The highest BCUT2D eigenvalue weighted by Gasteiger charge is 2.36. The van der Waals surface area contributed by atoms with E-state index in [1.165, 1.54) is 0 Å². The molecule has 168 valence electrons. The average molecular weight is 461 g/mol. The van der Waals surface area contributed by atoms with Crippen LogP contribution in [0, 0.1) is 0 Å². The quantitative estimate of drug-likeness (QED) is 0.476. The monoisotopic (exact) mass is 460 g/mol. The van der Waals surface area contributed by atoms with Gasteiger partial charge in [0.15, 0.2) is 17.3 Å². The minimum atomic E-state index is -0.330. The van der Waals surface area contributed by atoms with E-state index in [1.807, 2.05) is 66.7 Å². The molecule has 5 rings (SSSR count). The SMILES string of the molecule is COc1ccc([C@H]2CC(=O)C3=C(C2)Nc2ccccc2N[C@@H]3c2ccccc2Cl)cc1OC. The average Bonchev–Trinajstić information content (AvgIpc) is 3.00. The molecule has 0 aromatic heterocycles. The van der Waals surface area contributed by atoms with E-state index in [4.69, 9.17) is 21.1 Å². The molecule has 1 aliphatic carbocycles. The van der Waals surface area contributed by atoms with Crippen molar-refractivity contribution in [3.63, 3.8) is 0 Å². The Labute approximate surface area is 198 Å². The molecule has 0 fully saturated rings. The highest BCUT2D eigenvalue weighted by atomic mass is 35.5. The molecule has 0 radical (unpaired) electrons. The Morgan fingerprint density at radius 3 is 2.36 bits per heavy atom. The topological polar surface area (TPSA) is 59.6 Å². The maximum absolute atomic E-state index is 13.7. The second-order valence-corrected chi connectivity index (χ2v) is 8.71. The van der Waals surface area contributed by atoms with Gasteiger partial charge in [0.2, 0.25) is 0 Å². The van der Waals surface area contributed by atoms with Gasteiger partial charge in [-0.05, 0) is 53.8 Å². The van der Waals surface area contributed by atoms with Gasteiger partial charge in [0.1, 0.15) is 0 Å². The summed E-state index contributed by atoms with van der Waals surface area (Å²) in [5.41, 5.74) is 5.49. The zero-order valence-electron chi connectivity index (χ0n) is 18.5. The molecule has 0 saturated heterocycles. The van der Waals surface area contributed by atoms with Crippen LogP contribution in [-0.4, -0.2) is 20.0 Å². The fraction of sp³-hybridized carbons (Fsp3) is 0.222. The number of allylic oxidation sites excluding steroid dienone is 1. The first-order valence-corrected chi connectivity index (χ1v) is 11.3. The molecule has 33 heavy (non-hydrogen) atoms. The Morgan fingerprint density at radius 2 is 1.61 bits per heavy atom. The first-order chi connectivity index (χ1) is 16.1. The number of hydrogen-bond donors (Lipinski definition) is 2. The summed E-state index contributed by atoms with van der Waals surface area (Å²) in [6, 6.07) is 21.2. The van der Waals surface area contributed by atoms with Crippen molar-refractivity contribution >= 4 is 28.8 Å². The van der Waals surface area contributed by atoms with Gasteiger partial charge < -0.3 is 20.1 Å². The minimum Gasteiger partial charge on any atom is -0.493 e. The number of Topliss-reactive ketones (excluding diaryl/α,β-unsaturated/α-hetero) is 1. The first kappa shape index (κ1) is 21.4. The molecule has 1 aliphatic heterocycles. The van der Waals surface area contributed by atoms with Crippen molar-refractivity contribution in [3.05, 3.63) is 94.1 Å². The van der Waals surface area contributed by atoms with Gasteiger partial charge in [0.05, 0.1) is 31.6 Å². The lowest BCUT2D eigenvalue weighted by Gasteiger charge is -2.30. The lowest BCUT2D eigenvalue weighted by molar-refractivity contribution is -0.116. The van der Waals surface area contributed by atoms with Gasteiger partial charge in [-0.2, -0.15) is 0 Å². The number of nitrogens with one attached hydrogen (secondary N) is 2. The zero-order valence-corrected chi connectivity index (χ0v) is 19.3. The molecule has 0 unspecified atom stereocenters. The Kier molecular flexibility index (Phi) is 5.73. The number of para-hydroxylation sites is 2. The number of ether oxygens (including phenoxy) is 2. The number of anilines is 2. The lowest BCUT2D eigenvalue weighted by atomic mass is 9.78. The van der Waals surface area contributed by atoms with Crippen LogP contribution < -0.4 is 20.1 Å². The number of benzene rings is 3. The summed E-state index contributed by atoms with van der Waals surface area (Å²) >= 11 is 6.58. The van der Waals surface area contributed by atoms with Crippen LogP contribution in [0.25, 0.3) is 0 Å². The van der Waals surface area contributed by atoms with E-state index in [0.717, 1.165) is 33.8 Å². The molecule has 3 aromatic rings. The Morgan fingerprint density at radius 1 is 0.879 bits per heavy atom. The third kappa shape index (κ3) is 3.93. The summed E-state index contributed by atoms with van der Waals surface area (Å²) in [7, 11) is 3.24. The van der Waals surface area contributed by atoms with Crippen LogP contribution in [0.3, 0.4) is 0 Å². The van der Waals surface area contributed by atoms with Gasteiger partial charge in [-0.25, -0.2) is 0 Å². The largest absolute Gasteiger partial charge is 0.493 e. The van der Waals surface area contributed by atoms with Gasteiger partial charge >= 0.3 is 0 Å². The number of carbonyl (C=O) groups is 1. The Bertz CT molecular complexity index is 1250. The molecular weight excluding hydrogens is 436 g/mol. The van der Waals surface area contributed by atoms with Crippen LogP contribution in [0.5, 0.6) is 11.5 Å². The summed E-state index contributed by atoms with van der Waals surface area (Å²) in [5.74, 6) is 1.47. The van der Waals surface area contributed by atoms with Gasteiger partial charge in [-0.15, -0.1) is 0 Å². The smallest absolute Gasteiger partial charge is 0.163 e. The molecular formula is C27H25ClN2O3. The maximum Gasteiger partial charge on any atom is 0.163 e. The van der Waals surface area contributed by atoms with Gasteiger partial charge in [-0.3, -0.25) is 4.79 Å². The van der Waals surface area contributed by atoms with Crippen molar-refractivity contribution in [3.8, 4) is 11.5 Å². The Hall–Kier alpha value is -3.44. The normalized spacial score (nSPS) is 19.5. The fourth-order valence-electron chi connectivity index (χ4n) is 4.78. The fourth-order valence-corrected chi connectivity index (χ4v) is 5.02. The van der Waals surface area contributed by atoms with Crippen molar-refractivity contribution in [1.29, 1.82) is 0 Å². The third-order valence-electron chi connectivity index (χ3n) is 6.40. The van der Waals surface area contributed by atoms with Crippen LogP contribution in [-0.2, 0) is 4.79 Å². The van der Waals surface area contributed by atoms with E-state index in [-0.39, 0.29) is 17.7 Å². The van der Waals surface area contributed by atoms with Crippen LogP contribution in [0.15, 0.2) is 78.0 Å². The molecule has 2 N–H and O–H groups in total. The first-order valence-electron chi connectivity index (χ1n) is 10.9. The number of halogens is 1. The van der Waals surface area contributed by atoms with Crippen molar-refractivity contribution < 1.29 is 14.3 Å². The molecule has 0 bridgehead atoms. The second-order valence-electron chi connectivity index (χ2n) is 8.30. The van der Waals surface area contributed by atoms with Gasteiger partial charge in [-0.1, -0.05) is 48.0 Å². The maximum atomic E-state index is 13.7. The zero-order chi connectivity index (χ0) is 22.9. The van der Waals surface area contributed by atoms with E-state index in [0.29, 0.717) is 29.4 Å². The van der Waals surface area contributed by atoms with E-state index >= 15 is 0 Å². The molecule has 5 nitrogen and oxygen atoms in total. The number of fused-ring (bicyclic) bond motifs is 1. The molecule has 6 heteroatoms. The van der Waals surface area contributed by atoms with Gasteiger partial charge in [0.25, 0.3) is 0 Å². The van der Waals surface area contributed by atoms with Crippen molar-refractivity contribution in [2.75, 3.05) is 24.9 Å². The summed E-state index contributed by atoms with van der Waals surface area (Å²) in [6.07, 6.45) is 1.11. The number of methoxy groups -OCH3 is 2. The number of hydrogen-bond acceptors (Lipinski definition) is 5. The van der Waals surface area contributed by atoms with E-state index in [1.54, 1.807) is 14.2 Å². The van der Waals surface area contributed by atoms with E-state index < -0.39 is 0 Å². The summed E-state index contributed by atoms with van der Waals surface area (Å²) < 4.78 is 10.9. The molecule has 2 aliphatic rings. The van der Waals surface area contributed by atoms with Crippen molar-refractivity contribution in [2.24, 2.45) is 0 Å². The number of ketones is 1.